The molecule has 0 aliphatic heterocycles. The summed E-state index contributed by atoms with van der Waals surface area (Å²) < 4.78 is 21.8. The summed E-state index contributed by atoms with van der Waals surface area (Å²) in [5.74, 6) is 2.86. The molecule has 0 unspecified atom stereocenters. The van der Waals surface area contributed by atoms with Gasteiger partial charge in [0.1, 0.15) is 17.8 Å². The molecule has 0 saturated heterocycles. The van der Waals surface area contributed by atoms with Crippen LogP contribution in [0.15, 0.2) is 94.0 Å². The van der Waals surface area contributed by atoms with E-state index in [2.05, 4.69) is 26.4 Å². The van der Waals surface area contributed by atoms with Gasteiger partial charge in [0.15, 0.2) is 0 Å². The SMILES string of the molecule is CC(C)Oc1ccc(-c2noc(-c3ccc(C#N)cc3)n2)cc1Cl.CC(C)Oc1ccc(-c2noc(-c3ccc(C=O)cc3)n2)cc1Cl. The van der Waals surface area contributed by atoms with Gasteiger partial charge < -0.3 is 18.5 Å². The second-order valence-corrected chi connectivity index (χ2v) is 11.7. The van der Waals surface area contributed by atoms with E-state index in [0.29, 0.717) is 56.1 Å². The van der Waals surface area contributed by atoms with Crippen LogP contribution in [0.2, 0.25) is 10.0 Å². The van der Waals surface area contributed by atoms with Gasteiger partial charge in [-0.25, -0.2) is 0 Å². The molecule has 0 saturated carbocycles. The van der Waals surface area contributed by atoms with Crippen molar-refractivity contribution < 1.29 is 23.3 Å². The van der Waals surface area contributed by atoms with Crippen molar-refractivity contribution in [3.05, 3.63) is 106 Å². The quantitative estimate of drug-likeness (QED) is 0.136. The minimum absolute atomic E-state index is 0.0412. The Kier molecular flexibility index (Phi) is 10.9. The Morgan fingerprint density at radius 2 is 1.08 bits per heavy atom. The molecule has 4 aromatic carbocycles. The summed E-state index contributed by atoms with van der Waals surface area (Å²) in [4.78, 5) is 19.4. The molecule has 0 aliphatic carbocycles. The average Bonchev–Trinajstić information content (AvgIpc) is 3.78. The van der Waals surface area contributed by atoms with Crippen molar-refractivity contribution in [1.29, 1.82) is 5.26 Å². The zero-order chi connectivity index (χ0) is 34.2. The Labute approximate surface area is 286 Å². The van der Waals surface area contributed by atoms with Crippen molar-refractivity contribution in [2.75, 3.05) is 0 Å². The summed E-state index contributed by atoms with van der Waals surface area (Å²) in [6, 6.07) is 26.6. The molecule has 48 heavy (non-hydrogen) atoms. The topological polar surface area (TPSA) is 137 Å². The molecule has 12 heteroatoms. The number of hydrogen-bond acceptors (Lipinski definition) is 10. The number of aldehydes is 1. The standard InChI is InChI=1S/C18H14ClN3O2.C18H15ClN2O3/c1-11(2)23-16-8-7-14(9-15(16)19)17-21-18(24-22-17)13-5-3-12(10-20)4-6-13;1-11(2)23-16-8-7-14(9-15(16)19)17-20-18(24-21-17)13-5-3-12(10-22)4-6-13/h3-9,11H,1-2H3;3-11H,1-2H3. The normalized spacial score (nSPS) is 10.7. The highest BCUT2D eigenvalue weighted by molar-refractivity contribution is 6.32. The van der Waals surface area contributed by atoms with Crippen LogP contribution in [-0.4, -0.2) is 38.8 Å². The summed E-state index contributed by atoms with van der Waals surface area (Å²) in [7, 11) is 0. The van der Waals surface area contributed by atoms with Gasteiger partial charge in [0.05, 0.1) is 33.9 Å². The number of carbonyl (C=O) groups is 1. The lowest BCUT2D eigenvalue weighted by atomic mass is 10.1. The molecule has 0 N–H and O–H groups in total. The fourth-order valence-electron chi connectivity index (χ4n) is 4.29. The fourth-order valence-corrected chi connectivity index (χ4v) is 4.74. The fraction of sp³-hybridized carbons (Fsp3) is 0.167. The molecule has 0 spiro atoms. The summed E-state index contributed by atoms with van der Waals surface area (Å²) in [5.41, 5.74) is 4.12. The molecular formula is C36H29Cl2N5O5. The van der Waals surface area contributed by atoms with Gasteiger partial charge in [-0.05, 0) is 100 Å². The molecule has 2 heterocycles. The van der Waals surface area contributed by atoms with E-state index >= 15 is 0 Å². The van der Waals surface area contributed by atoms with E-state index in [4.69, 9.17) is 47.0 Å². The Hall–Kier alpha value is -5.50. The summed E-state index contributed by atoms with van der Waals surface area (Å²) in [6.07, 6.45) is 0.868. The first-order chi connectivity index (χ1) is 23.1. The predicted molar refractivity (Wildman–Crippen MR) is 182 cm³/mol. The molecule has 6 aromatic rings. The number of rotatable bonds is 9. The van der Waals surface area contributed by atoms with Gasteiger partial charge in [-0.3, -0.25) is 4.79 Å². The van der Waals surface area contributed by atoms with Crippen molar-refractivity contribution in [2.24, 2.45) is 0 Å². The van der Waals surface area contributed by atoms with E-state index in [9.17, 15) is 4.79 Å². The first-order valence-corrected chi connectivity index (χ1v) is 15.6. The summed E-state index contributed by atoms with van der Waals surface area (Å²) >= 11 is 12.5. The molecule has 0 bridgehead atoms. The Morgan fingerprint density at radius 3 is 1.46 bits per heavy atom. The van der Waals surface area contributed by atoms with Gasteiger partial charge in [-0.15, -0.1) is 0 Å². The third kappa shape index (κ3) is 8.45. The maximum Gasteiger partial charge on any atom is 0.258 e. The molecule has 242 valence electrons. The van der Waals surface area contributed by atoms with Crippen molar-refractivity contribution in [3.8, 4) is 63.3 Å². The van der Waals surface area contributed by atoms with Crippen molar-refractivity contribution in [2.45, 2.75) is 39.9 Å². The molecule has 0 fully saturated rings. The minimum atomic E-state index is 0.0412. The van der Waals surface area contributed by atoms with Gasteiger partial charge in [-0.2, -0.15) is 15.2 Å². The van der Waals surface area contributed by atoms with Gasteiger partial charge in [0.25, 0.3) is 11.8 Å². The number of nitriles is 1. The van der Waals surface area contributed by atoms with Crippen LogP contribution >= 0.6 is 23.2 Å². The third-order valence-corrected chi connectivity index (χ3v) is 7.10. The molecule has 6 rings (SSSR count). The van der Waals surface area contributed by atoms with Crippen LogP contribution in [0, 0.1) is 11.3 Å². The Morgan fingerprint density at radius 1 is 0.667 bits per heavy atom. The Balaban J connectivity index is 0.000000188. The first kappa shape index (κ1) is 33.9. The van der Waals surface area contributed by atoms with E-state index in [1.54, 1.807) is 72.8 Å². The van der Waals surface area contributed by atoms with E-state index in [1.165, 1.54) is 0 Å². The molecule has 2 aromatic heterocycles. The predicted octanol–water partition coefficient (Wildman–Crippen LogP) is 9.37. The minimum Gasteiger partial charge on any atom is -0.489 e. The summed E-state index contributed by atoms with van der Waals surface area (Å²) in [6.45, 7) is 7.75. The number of nitrogens with zero attached hydrogens (tertiary/aromatic N) is 5. The number of halogens is 2. The van der Waals surface area contributed by atoms with Crippen molar-refractivity contribution in [3.63, 3.8) is 0 Å². The zero-order valence-corrected chi connectivity index (χ0v) is 27.9. The highest BCUT2D eigenvalue weighted by Gasteiger charge is 2.15. The lowest BCUT2D eigenvalue weighted by molar-refractivity contribution is 0.112. The third-order valence-electron chi connectivity index (χ3n) is 6.51. The van der Waals surface area contributed by atoms with Crippen LogP contribution in [0.5, 0.6) is 11.5 Å². The van der Waals surface area contributed by atoms with Crippen LogP contribution in [0.3, 0.4) is 0 Å². The number of benzene rings is 4. The van der Waals surface area contributed by atoms with E-state index in [0.717, 1.165) is 28.5 Å². The smallest absolute Gasteiger partial charge is 0.258 e. The lowest BCUT2D eigenvalue weighted by Crippen LogP contribution is -2.05. The van der Waals surface area contributed by atoms with Crippen LogP contribution in [0.1, 0.15) is 43.6 Å². The number of carbonyl (C=O) groups excluding carboxylic acids is 1. The molecule has 0 amide bonds. The van der Waals surface area contributed by atoms with Gasteiger partial charge in [0, 0.05) is 27.8 Å². The highest BCUT2D eigenvalue weighted by atomic mass is 35.5. The van der Waals surface area contributed by atoms with E-state index in [1.807, 2.05) is 39.8 Å². The van der Waals surface area contributed by atoms with Gasteiger partial charge in [-0.1, -0.05) is 45.6 Å². The monoisotopic (exact) mass is 681 g/mol. The van der Waals surface area contributed by atoms with Crippen LogP contribution in [0.4, 0.5) is 0 Å². The average molecular weight is 683 g/mol. The maximum absolute atomic E-state index is 10.7. The zero-order valence-electron chi connectivity index (χ0n) is 26.3. The molecular weight excluding hydrogens is 653 g/mol. The molecule has 0 atom stereocenters. The number of aromatic nitrogens is 4. The van der Waals surface area contributed by atoms with E-state index in [-0.39, 0.29) is 12.2 Å². The van der Waals surface area contributed by atoms with Gasteiger partial charge in [0.2, 0.25) is 11.6 Å². The molecule has 0 radical (unpaired) electrons. The van der Waals surface area contributed by atoms with E-state index < -0.39 is 0 Å². The largest absolute Gasteiger partial charge is 0.489 e. The van der Waals surface area contributed by atoms with Gasteiger partial charge >= 0.3 is 0 Å². The van der Waals surface area contributed by atoms with Crippen molar-refractivity contribution in [1.82, 2.24) is 20.3 Å². The van der Waals surface area contributed by atoms with Crippen LogP contribution < -0.4 is 9.47 Å². The number of hydrogen-bond donors (Lipinski definition) is 0. The summed E-state index contributed by atoms with van der Waals surface area (Å²) in [5, 5.41) is 17.8. The maximum atomic E-state index is 10.7. The van der Waals surface area contributed by atoms with Crippen molar-refractivity contribution >= 4 is 29.5 Å². The number of ether oxygens (including phenoxy) is 2. The molecule has 0 aliphatic rings. The Bertz CT molecular complexity index is 2050. The van der Waals surface area contributed by atoms with Crippen LogP contribution in [0.25, 0.3) is 45.7 Å². The highest BCUT2D eigenvalue weighted by Crippen LogP contribution is 2.32. The molecule has 10 nitrogen and oxygen atoms in total. The first-order valence-electron chi connectivity index (χ1n) is 14.8. The second-order valence-electron chi connectivity index (χ2n) is 10.9. The van der Waals surface area contributed by atoms with Crippen LogP contribution in [-0.2, 0) is 0 Å². The lowest BCUT2D eigenvalue weighted by Gasteiger charge is -2.11. The second kappa shape index (κ2) is 15.4.